The highest BCUT2D eigenvalue weighted by Crippen LogP contribution is 2.29. The molecule has 0 aliphatic heterocycles. The van der Waals surface area contributed by atoms with Crippen molar-refractivity contribution in [2.75, 3.05) is 5.33 Å². The molecule has 1 N–H and O–H groups in total. The van der Waals surface area contributed by atoms with Crippen LogP contribution in [0, 0.1) is 5.92 Å². The van der Waals surface area contributed by atoms with E-state index >= 15 is 0 Å². The van der Waals surface area contributed by atoms with E-state index in [-0.39, 0.29) is 11.4 Å². The van der Waals surface area contributed by atoms with Crippen LogP contribution in [0.15, 0.2) is 0 Å². The molecule has 2 nitrogen and oxygen atoms in total. The van der Waals surface area contributed by atoms with Crippen LogP contribution < -0.4 is 5.32 Å². The Bertz CT molecular complexity index is 210. The summed E-state index contributed by atoms with van der Waals surface area (Å²) in [7, 11) is 0. The maximum atomic E-state index is 11.8. The standard InChI is InChI=1S/C12H22BrNO/c1-10(2)8-11(15)14-12(9-13)6-4-3-5-7-12/h10H,3-9H2,1-2H3,(H,14,15). The molecule has 15 heavy (non-hydrogen) atoms. The molecule has 1 saturated carbocycles. The van der Waals surface area contributed by atoms with Gasteiger partial charge in [0.15, 0.2) is 0 Å². The van der Waals surface area contributed by atoms with E-state index in [0.29, 0.717) is 12.3 Å². The first-order valence-electron chi connectivity index (χ1n) is 5.95. The van der Waals surface area contributed by atoms with Gasteiger partial charge in [-0.2, -0.15) is 0 Å². The van der Waals surface area contributed by atoms with Crippen molar-refractivity contribution in [3.05, 3.63) is 0 Å². The Kier molecular flexibility index (Phi) is 5.10. The smallest absolute Gasteiger partial charge is 0.220 e. The van der Waals surface area contributed by atoms with Gasteiger partial charge in [-0.3, -0.25) is 4.79 Å². The van der Waals surface area contributed by atoms with Crippen LogP contribution in [0.2, 0.25) is 0 Å². The summed E-state index contributed by atoms with van der Waals surface area (Å²) >= 11 is 3.55. The van der Waals surface area contributed by atoms with E-state index < -0.39 is 0 Å². The monoisotopic (exact) mass is 275 g/mol. The predicted molar refractivity (Wildman–Crippen MR) is 67.2 cm³/mol. The Labute approximate surface area is 101 Å². The number of alkyl halides is 1. The summed E-state index contributed by atoms with van der Waals surface area (Å²) in [5.41, 5.74) is 0.0459. The first kappa shape index (κ1) is 13.0. The van der Waals surface area contributed by atoms with Crippen molar-refractivity contribution in [2.45, 2.75) is 57.9 Å². The maximum Gasteiger partial charge on any atom is 0.220 e. The summed E-state index contributed by atoms with van der Waals surface area (Å²) in [6.07, 6.45) is 6.70. The summed E-state index contributed by atoms with van der Waals surface area (Å²) in [6.45, 7) is 4.17. The molecule has 0 heterocycles. The van der Waals surface area contributed by atoms with Crippen LogP contribution in [0.25, 0.3) is 0 Å². The van der Waals surface area contributed by atoms with Gasteiger partial charge in [0, 0.05) is 17.3 Å². The Morgan fingerprint density at radius 3 is 2.40 bits per heavy atom. The van der Waals surface area contributed by atoms with E-state index in [1.807, 2.05) is 0 Å². The second kappa shape index (κ2) is 5.88. The van der Waals surface area contributed by atoms with Crippen LogP contribution in [-0.4, -0.2) is 16.8 Å². The second-order valence-corrected chi connectivity index (χ2v) is 5.68. The van der Waals surface area contributed by atoms with Gasteiger partial charge in [-0.1, -0.05) is 49.0 Å². The van der Waals surface area contributed by atoms with E-state index in [2.05, 4.69) is 35.1 Å². The fourth-order valence-electron chi connectivity index (χ4n) is 2.24. The molecule has 1 fully saturated rings. The van der Waals surface area contributed by atoms with Crippen LogP contribution >= 0.6 is 15.9 Å². The van der Waals surface area contributed by atoms with E-state index in [9.17, 15) is 4.79 Å². The molecule has 1 aliphatic rings. The molecule has 0 aromatic heterocycles. The number of nitrogens with one attached hydrogen (secondary N) is 1. The van der Waals surface area contributed by atoms with Gasteiger partial charge in [-0.15, -0.1) is 0 Å². The summed E-state index contributed by atoms with van der Waals surface area (Å²) in [6, 6.07) is 0. The fraction of sp³-hybridized carbons (Fsp3) is 0.917. The van der Waals surface area contributed by atoms with Crippen molar-refractivity contribution in [3.63, 3.8) is 0 Å². The minimum Gasteiger partial charge on any atom is -0.350 e. The Morgan fingerprint density at radius 2 is 1.93 bits per heavy atom. The van der Waals surface area contributed by atoms with Crippen LogP contribution in [0.4, 0.5) is 0 Å². The second-order valence-electron chi connectivity index (χ2n) is 5.12. The summed E-state index contributed by atoms with van der Waals surface area (Å²) in [4.78, 5) is 11.8. The molecular weight excluding hydrogens is 254 g/mol. The quantitative estimate of drug-likeness (QED) is 0.785. The lowest BCUT2D eigenvalue weighted by Gasteiger charge is -2.36. The van der Waals surface area contributed by atoms with Gasteiger partial charge in [-0.25, -0.2) is 0 Å². The molecule has 0 spiro atoms. The third-order valence-electron chi connectivity index (χ3n) is 3.06. The predicted octanol–water partition coefficient (Wildman–Crippen LogP) is 3.25. The first-order chi connectivity index (χ1) is 7.08. The lowest BCUT2D eigenvalue weighted by atomic mass is 9.83. The zero-order valence-corrected chi connectivity index (χ0v) is 11.4. The fourth-order valence-corrected chi connectivity index (χ4v) is 2.94. The minimum atomic E-state index is 0.0459. The molecule has 0 radical (unpaired) electrons. The average Bonchev–Trinajstić information content (AvgIpc) is 2.17. The third kappa shape index (κ3) is 4.13. The van der Waals surface area contributed by atoms with Gasteiger partial charge in [0.05, 0.1) is 0 Å². The minimum absolute atomic E-state index is 0.0459. The highest BCUT2D eigenvalue weighted by molar-refractivity contribution is 9.09. The van der Waals surface area contributed by atoms with E-state index in [1.165, 1.54) is 19.3 Å². The Hall–Kier alpha value is -0.0500. The van der Waals surface area contributed by atoms with Crippen molar-refractivity contribution in [1.82, 2.24) is 5.32 Å². The highest BCUT2D eigenvalue weighted by atomic mass is 79.9. The van der Waals surface area contributed by atoms with Crippen molar-refractivity contribution >= 4 is 21.8 Å². The number of hydrogen-bond acceptors (Lipinski definition) is 1. The van der Waals surface area contributed by atoms with Crippen molar-refractivity contribution in [2.24, 2.45) is 5.92 Å². The molecule has 3 heteroatoms. The molecule has 0 saturated heterocycles. The molecule has 1 aliphatic carbocycles. The van der Waals surface area contributed by atoms with Crippen LogP contribution in [0.3, 0.4) is 0 Å². The molecule has 88 valence electrons. The zero-order chi connectivity index (χ0) is 11.3. The Balaban J connectivity index is 2.47. The molecule has 0 aromatic rings. The maximum absolute atomic E-state index is 11.8. The number of carbonyl (C=O) groups excluding carboxylic acids is 1. The van der Waals surface area contributed by atoms with Gasteiger partial charge in [-0.05, 0) is 18.8 Å². The molecular formula is C12H22BrNO. The SMILES string of the molecule is CC(C)CC(=O)NC1(CBr)CCCCC1. The number of rotatable bonds is 4. The highest BCUT2D eigenvalue weighted by Gasteiger charge is 2.32. The summed E-state index contributed by atoms with van der Waals surface area (Å²) in [5.74, 6) is 0.660. The molecule has 0 unspecified atom stereocenters. The largest absolute Gasteiger partial charge is 0.350 e. The lowest BCUT2D eigenvalue weighted by molar-refractivity contribution is -0.123. The lowest BCUT2D eigenvalue weighted by Crippen LogP contribution is -2.51. The number of carbonyl (C=O) groups is 1. The van der Waals surface area contributed by atoms with Crippen molar-refractivity contribution < 1.29 is 4.79 Å². The summed E-state index contributed by atoms with van der Waals surface area (Å²) < 4.78 is 0. The number of amides is 1. The average molecular weight is 276 g/mol. The molecule has 1 amide bonds. The van der Waals surface area contributed by atoms with E-state index in [0.717, 1.165) is 18.2 Å². The normalized spacial score (nSPS) is 20.3. The molecule has 1 rings (SSSR count). The van der Waals surface area contributed by atoms with Gasteiger partial charge in [0.25, 0.3) is 0 Å². The van der Waals surface area contributed by atoms with E-state index in [4.69, 9.17) is 0 Å². The van der Waals surface area contributed by atoms with Gasteiger partial charge >= 0.3 is 0 Å². The Morgan fingerprint density at radius 1 is 1.33 bits per heavy atom. The topological polar surface area (TPSA) is 29.1 Å². The van der Waals surface area contributed by atoms with Crippen LogP contribution in [-0.2, 0) is 4.79 Å². The van der Waals surface area contributed by atoms with E-state index in [1.54, 1.807) is 0 Å². The van der Waals surface area contributed by atoms with Crippen LogP contribution in [0.1, 0.15) is 52.4 Å². The van der Waals surface area contributed by atoms with Crippen molar-refractivity contribution in [1.29, 1.82) is 0 Å². The molecule has 0 bridgehead atoms. The van der Waals surface area contributed by atoms with Gasteiger partial charge < -0.3 is 5.32 Å². The molecule has 0 atom stereocenters. The van der Waals surface area contributed by atoms with Crippen LogP contribution in [0.5, 0.6) is 0 Å². The van der Waals surface area contributed by atoms with Gasteiger partial charge in [0.1, 0.15) is 0 Å². The van der Waals surface area contributed by atoms with Crippen molar-refractivity contribution in [3.8, 4) is 0 Å². The number of hydrogen-bond donors (Lipinski definition) is 1. The first-order valence-corrected chi connectivity index (χ1v) is 7.07. The zero-order valence-electron chi connectivity index (χ0n) is 9.81. The van der Waals surface area contributed by atoms with Gasteiger partial charge in [0.2, 0.25) is 5.91 Å². The molecule has 0 aromatic carbocycles. The summed E-state index contributed by atoms with van der Waals surface area (Å²) in [5, 5.41) is 4.12. The third-order valence-corrected chi connectivity index (χ3v) is 4.14. The number of halogens is 1.